The zero-order valence-corrected chi connectivity index (χ0v) is 12.4. The molecule has 2 rings (SSSR count). The average molecular weight is 332 g/mol. The van der Waals surface area contributed by atoms with E-state index in [1.54, 1.807) is 24.3 Å². The third-order valence-corrected chi connectivity index (χ3v) is 3.47. The van der Waals surface area contributed by atoms with Crippen LogP contribution in [0.3, 0.4) is 0 Å². The van der Waals surface area contributed by atoms with E-state index in [2.05, 4.69) is 21.2 Å². The summed E-state index contributed by atoms with van der Waals surface area (Å²) in [5.74, 6) is -0.218. The summed E-state index contributed by atoms with van der Waals surface area (Å²) in [7, 11) is 0. The number of hydrogen-bond donors (Lipinski definition) is 1. The Morgan fingerprint density at radius 2 is 1.80 bits per heavy atom. The molecule has 4 heteroatoms. The maximum atomic E-state index is 12.0. The van der Waals surface area contributed by atoms with Gasteiger partial charge in [-0.05, 0) is 30.2 Å². The second-order valence-corrected chi connectivity index (χ2v) is 5.25. The van der Waals surface area contributed by atoms with E-state index >= 15 is 0 Å². The largest absolute Gasteiger partial charge is 0.352 e. The third kappa shape index (κ3) is 3.78. The van der Waals surface area contributed by atoms with Gasteiger partial charge in [0.2, 0.25) is 0 Å². The fourth-order valence-corrected chi connectivity index (χ4v) is 2.14. The van der Waals surface area contributed by atoms with Gasteiger partial charge in [-0.25, -0.2) is 0 Å². The summed E-state index contributed by atoms with van der Waals surface area (Å²) in [5.41, 5.74) is 1.98. The lowest BCUT2D eigenvalue weighted by Crippen LogP contribution is -2.26. The smallest absolute Gasteiger partial charge is 0.252 e. The highest BCUT2D eigenvalue weighted by Crippen LogP contribution is 2.11. The Morgan fingerprint density at radius 3 is 2.50 bits per heavy atom. The van der Waals surface area contributed by atoms with Crippen LogP contribution >= 0.6 is 15.9 Å². The second kappa shape index (κ2) is 7.01. The van der Waals surface area contributed by atoms with Gasteiger partial charge in [-0.2, -0.15) is 0 Å². The number of aldehydes is 1. The van der Waals surface area contributed by atoms with Gasteiger partial charge in [-0.3, -0.25) is 9.59 Å². The average Bonchev–Trinajstić information content (AvgIpc) is 2.49. The fraction of sp³-hybridized carbons (Fsp3) is 0.125. The monoisotopic (exact) mass is 331 g/mol. The first kappa shape index (κ1) is 14.5. The maximum absolute atomic E-state index is 12.0. The van der Waals surface area contributed by atoms with Crippen LogP contribution in [0.5, 0.6) is 0 Å². The van der Waals surface area contributed by atoms with E-state index < -0.39 is 0 Å². The molecule has 2 aromatic carbocycles. The summed E-state index contributed by atoms with van der Waals surface area (Å²) in [6.45, 7) is 0.535. The van der Waals surface area contributed by atoms with E-state index in [-0.39, 0.29) is 5.91 Å². The van der Waals surface area contributed by atoms with Gasteiger partial charge < -0.3 is 5.32 Å². The van der Waals surface area contributed by atoms with Crippen LogP contribution < -0.4 is 5.32 Å². The Bertz CT molecular complexity index is 608. The lowest BCUT2D eigenvalue weighted by Gasteiger charge is -2.07. The molecule has 0 fully saturated rings. The van der Waals surface area contributed by atoms with Crippen LogP contribution in [-0.2, 0) is 6.42 Å². The molecule has 0 saturated heterocycles. The van der Waals surface area contributed by atoms with Gasteiger partial charge in [-0.15, -0.1) is 0 Å². The van der Waals surface area contributed by atoms with E-state index in [9.17, 15) is 9.59 Å². The zero-order valence-electron chi connectivity index (χ0n) is 10.8. The van der Waals surface area contributed by atoms with Crippen LogP contribution in [0.2, 0.25) is 0 Å². The Kier molecular flexibility index (Phi) is 5.07. The Morgan fingerprint density at radius 1 is 1.10 bits per heavy atom. The van der Waals surface area contributed by atoms with Crippen LogP contribution in [0.1, 0.15) is 26.3 Å². The fourth-order valence-electron chi connectivity index (χ4n) is 1.87. The molecule has 0 aliphatic heterocycles. The van der Waals surface area contributed by atoms with Gasteiger partial charge >= 0.3 is 0 Å². The molecule has 2 aromatic rings. The van der Waals surface area contributed by atoms with Gasteiger partial charge in [-0.1, -0.05) is 46.3 Å². The minimum absolute atomic E-state index is 0.218. The minimum Gasteiger partial charge on any atom is -0.352 e. The minimum atomic E-state index is -0.218. The van der Waals surface area contributed by atoms with Crippen molar-refractivity contribution in [2.75, 3.05) is 6.54 Å². The molecule has 0 radical (unpaired) electrons. The van der Waals surface area contributed by atoms with Gasteiger partial charge in [0, 0.05) is 22.1 Å². The molecule has 20 heavy (non-hydrogen) atoms. The summed E-state index contributed by atoms with van der Waals surface area (Å²) < 4.78 is 1.03. The highest BCUT2D eigenvalue weighted by molar-refractivity contribution is 9.10. The molecule has 0 aliphatic rings. The van der Waals surface area contributed by atoms with Crippen molar-refractivity contribution in [1.82, 2.24) is 5.32 Å². The summed E-state index contributed by atoms with van der Waals surface area (Å²) in [6.07, 6.45) is 1.45. The number of benzene rings is 2. The Balaban J connectivity index is 1.92. The number of amides is 1. The molecule has 1 amide bonds. The van der Waals surface area contributed by atoms with Crippen molar-refractivity contribution in [3.63, 3.8) is 0 Å². The summed E-state index contributed by atoms with van der Waals surface area (Å²) in [5, 5.41) is 2.83. The molecule has 0 aliphatic carbocycles. The van der Waals surface area contributed by atoms with Crippen molar-refractivity contribution >= 4 is 28.1 Å². The predicted molar refractivity (Wildman–Crippen MR) is 82.0 cm³/mol. The number of nitrogens with one attached hydrogen (secondary N) is 1. The molecular weight excluding hydrogens is 318 g/mol. The molecule has 0 bridgehead atoms. The summed E-state index contributed by atoms with van der Waals surface area (Å²) >= 11 is 3.38. The number of carbonyl (C=O) groups excluding carboxylic acids is 2. The van der Waals surface area contributed by atoms with Crippen molar-refractivity contribution in [2.24, 2.45) is 0 Å². The molecule has 0 aromatic heterocycles. The highest BCUT2D eigenvalue weighted by atomic mass is 79.9. The molecule has 1 N–H and O–H groups in total. The molecule has 102 valence electrons. The van der Waals surface area contributed by atoms with Crippen molar-refractivity contribution in [3.8, 4) is 0 Å². The normalized spacial score (nSPS) is 10.1. The van der Waals surface area contributed by atoms with Crippen LogP contribution in [0.15, 0.2) is 53.0 Å². The van der Waals surface area contributed by atoms with Crippen molar-refractivity contribution < 1.29 is 9.59 Å². The summed E-state index contributed by atoms with van der Waals surface area (Å²) in [4.78, 5) is 22.9. The molecule has 0 heterocycles. The van der Waals surface area contributed by atoms with Crippen molar-refractivity contribution in [3.05, 3.63) is 69.7 Å². The number of carbonyl (C=O) groups is 2. The van der Waals surface area contributed by atoms with E-state index in [1.807, 2.05) is 24.3 Å². The highest BCUT2D eigenvalue weighted by Gasteiger charge is 2.09. The van der Waals surface area contributed by atoms with Gasteiger partial charge in [0.25, 0.3) is 5.91 Å². The number of hydrogen-bond acceptors (Lipinski definition) is 2. The third-order valence-electron chi connectivity index (χ3n) is 2.94. The lowest BCUT2D eigenvalue weighted by molar-refractivity contribution is 0.0948. The van der Waals surface area contributed by atoms with Crippen LogP contribution in [0, 0.1) is 0 Å². The van der Waals surface area contributed by atoms with Gasteiger partial charge in [0.05, 0.1) is 0 Å². The molecular formula is C16H14BrNO2. The predicted octanol–water partition coefficient (Wildman–Crippen LogP) is 3.23. The number of rotatable bonds is 5. The van der Waals surface area contributed by atoms with Crippen LogP contribution in [0.4, 0.5) is 0 Å². The van der Waals surface area contributed by atoms with Crippen molar-refractivity contribution in [1.29, 1.82) is 0 Å². The van der Waals surface area contributed by atoms with Crippen LogP contribution in [-0.4, -0.2) is 18.7 Å². The standard InChI is InChI=1S/C16H14BrNO2/c17-14-7-5-12(6-8-14)9-10-18-16(20)15-4-2-1-3-13(15)11-19/h1-8,11H,9-10H2,(H,18,20). The van der Waals surface area contributed by atoms with E-state index in [1.165, 1.54) is 0 Å². The summed E-state index contributed by atoms with van der Waals surface area (Å²) in [6, 6.07) is 14.7. The zero-order chi connectivity index (χ0) is 14.4. The quantitative estimate of drug-likeness (QED) is 0.855. The molecule has 0 spiro atoms. The maximum Gasteiger partial charge on any atom is 0.252 e. The lowest BCUT2D eigenvalue weighted by atomic mass is 10.1. The first-order valence-corrected chi connectivity index (χ1v) is 7.07. The van der Waals surface area contributed by atoms with Gasteiger partial charge in [0.1, 0.15) is 0 Å². The molecule has 0 saturated carbocycles. The molecule has 0 unspecified atom stereocenters. The molecule has 0 atom stereocenters. The SMILES string of the molecule is O=Cc1ccccc1C(=O)NCCc1ccc(Br)cc1. The number of halogens is 1. The van der Waals surface area contributed by atoms with E-state index in [4.69, 9.17) is 0 Å². The topological polar surface area (TPSA) is 46.2 Å². The Labute approximate surface area is 126 Å². The molecule has 3 nitrogen and oxygen atoms in total. The van der Waals surface area contributed by atoms with Gasteiger partial charge in [0.15, 0.2) is 6.29 Å². The van der Waals surface area contributed by atoms with E-state index in [0.717, 1.165) is 16.5 Å². The Hall–Kier alpha value is -1.94. The van der Waals surface area contributed by atoms with E-state index in [0.29, 0.717) is 24.0 Å². The second-order valence-electron chi connectivity index (χ2n) is 4.34. The van der Waals surface area contributed by atoms with Crippen molar-refractivity contribution in [2.45, 2.75) is 6.42 Å². The first-order valence-electron chi connectivity index (χ1n) is 6.27. The van der Waals surface area contributed by atoms with Crippen LogP contribution in [0.25, 0.3) is 0 Å². The first-order chi connectivity index (χ1) is 9.70.